The zero-order valence-electron chi connectivity index (χ0n) is 14.9. The third kappa shape index (κ3) is 6.76. The number of rotatable bonds is 8. The van der Waals surface area contributed by atoms with Crippen molar-refractivity contribution in [1.82, 2.24) is 0 Å². The Morgan fingerprint density at radius 2 is 1.43 bits per heavy atom. The van der Waals surface area contributed by atoms with Gasteiger partial charge in [-0.05, 0) is 69.1 Å². The molecule has 0 saturated heterocycles. The summed E-state index contributed by atoms with van der Waals surface area (Å²) in [7, 11) is 0. The molecule has 0 atom stereocenters. The Morgan fingerprint density at radius 1 is 0.870 bits per heavy atom. The maximum absolute atomic E-state index is 12.2. The van der Waals surface area contributed by atoms with E-state index in [1.54, 1.807) is 0 Å². The highest BCUT2D eigenvalue weighted by molar-refractivity contribution is 9.09. The molecule has 23 heavy (non-hydrogen) atoms. The van der Waals surface area contributed by atoms with Crippen LogP contribution in [0.25, 0.3) is 0 Å². The van der Waals surface area contributed by atoms with Gasteiger partial charge in [0.25, 0.3) is 0 Å². The Bertz CT molecular complexity index is 329. The molecule has 0 heterocycles. The Morgan fingerprint density at radius 3 is 2.04 bits per heavy atom. The fraction of sp³-hybridized carbons (Fsp3) is 0.950. The van der Waals surface area contributed by atoms with Crippen LogP contribution in [0.3, 0.4) is 0 Å². The van der Waals surface area contributed by atoms with Crippen LogP contribution in [0.15, 0.2) is 0 Å². The predicted octanol–water partition coefficient (Wildman–Crippen LogP) is 6.12. The first kappa shape index (κ1) is 19.3. The SMILES string of the molecule is CC1CCC(C2CCC(C(=O)OCCCCCCBr)CC2)CC1. The molecule has 3 heteroatoms. The van der Waals surface area contributed by atoms with Crippen LogP contribution in [0, 0.1) is 23.7 Å². The van der Waals surface area contributed by atoms with Crippen LogP contribution in [0.5, 0.6) is 0 Å². The molecule has 0 N–H and O–H groups in total. The average Bonchev–Trinajstić information content (AvgIpc) is 2.58. The summed E-state index contributed by atoms with van der Waals surface area (Å²) in [5.74, 6) is 3.04. The molecule has 134 valence electrons. The average molecular weight is 387 g/mol. The van der Waals surface area contributed by atoms with Gasteiger partial charge in [-0.15, -0.1) is 0 Å². The summed E-state index contributed by atoms with van der Waals surface area (Å²) in [5, 5.41) is 1.08. The molecule has 2 fully saturated rings. The van der Waals surface area contributed by atoms with E-state index in [2.05, 4.69) is 22.9 Å². The van der Waals surface area contributed by atoms with Gasteiger partial charge in [-0.1, -0.05) is 48.5 Å². The number of esters is 1. The number of carbonyl (C=O) groups excluding carboxylic acids is 1. The summed E-state index contributed by atoms with van der Waals surface area (Å²) in [6.45, 7) is 3.02. The second kappa shape index (κ2) is 10.7. The Labute approximate surface area is 151 Å². The van der Waals surface area contributed by atoms with Crippen molar-refractivity contribution in [2.75, 3.05) is 11.9 Å². The topological polar surface area (TPSA) is 26.3 Å². The molecule has 0 aromatic heterocycles. The van der Waals surface area contributed by atoms with Gasteiger partial charge in [-0.25, -0.2) is 0 Å². The van der Waals surface area contributed by atoms with Crippen molar-refractivity contribution in [2.24, 2.45) is 23.7 Å². The minimum Gasteiger partial charge on any atom is -0.465 e. The van der Waals surface area contributed by atoms with Crippen LogP contribution in [0.1, 0.15) is 84.0 Å². The summed E-state index contributed by atoms with van der Waals surface area (Å²) in [6.07, 6.45) is 15.0. The van der Waals surface area contributed by atoms with Crippen LogP contribution in [-0.4, -0.2) is 17.9 Å². The zero-order valence-corrected chi connectivity index (χ0v) is 16.5. The molecule has 2 saturated carbocycles. The lowest BCUT2D eigenvalue weighted by Gasteiger charge is -2.36. The van der Waals surface area contributed by atoms with E-state index < -0.39 is 0 Å². The highest BCUT2D eigenvalue weighted by atomic mass is 79.9. The lowest BCUT2D eigenvalue weighted by molar-refractivity contribution is -0.150. The first-order valence-electron chi connectivity index (χ1n) is 9.93. The monoisotopic (exact) mass is 386 g/mol. The van der Waals surface area contributed by atoms with Crippen molar-refractivity contribution in [1.29, 1.82) is 0 Å². The molecule has 0 aromatic rings. The van der Waals surface area contributed by atoms with Crippen LogP contribution >= 0.6 is 15.9 Å². The van der Waals surface area contributed by atoms with E-state index in [1.807, 2.05) is 0 Å². The molecule has 0 unspecified atom stereocenters. The molecule has 0 aliphatic heterocycles. The standard InChI is InChI=1S/C20H35BrO2/c1-16-6-8-17(9-7-16)18-10-12-19(13-11-18)20(22)23-15-5-3-2-4-14-21/h16-19H,2-15H2,1H3. The van der Waals surface area contributed by atoms with Gasteiger partial charge in [0.15, 0.2) is 0 Å². The van der Waals surface area contributed by atoms with Gasteiger partial charge in [-0.3, -0.25) is 4.79 Å². The largest absolute Gasteiger partial charge is 0.465 e. The molecule has 0 amide bonds. The maximum atomic E-state index is 12.2. The molecule has 0 spiro atoms. The van der Waals surface area contributed by atoms with Gasteiger partial charge in [0, 0.05) is 5.33 Å². The van der Waals surface area contributed by atoms with Gasteiger partial charge in [0.2, 0.25) is 0 Å². The predicted molar refractivity (Wildman–Crippen MR) is 99.8 cm³/mol. The van der Waals surface area contributed by atoms with Crippen LogP contribution in [0.4, 0.5) is 0 Å². The number of ether oxygens (including phenoxy) is 1. The summed E-state index contributed by atoms with van der Waals surface area (Å²) in [5.41, 5.74) is 0. The Hall–Kier alpha value is -0.0500. The number of unbranched alkanes of at least 4 members (excludes halogenated alkanes) is 3. The Kier molecular flexibility index (Phi) is 9.00. The fourth-order valence-corrected chi connectivity index (χ4v) is 4.82. The first-order valence-corrected chi connectivity index (χ1v) is 11.1. The minimum atomic E-state index is 0.0845. The van der Waals surface area contributed by atoms with E-state index in [0.29, 0.717) is 6.61 Å². The van der Waals surface area contributed by atoms with Crippen molar-refractivity contribution in [3.8, 4) is 0 Å². The van der Waals surface area contributed by atoms with E-state index in [0.717, 1.165) is 42.3 Å². The van der Waals surface area contributed by atoms with Crippen LogP contribution in [-0.2, 0) is 9.53 Å². The van der Waals surface area contributed by atoms with Crippen molar-refractivity contribution >= 4 is 21.9 Å². The summed E-state index contributed by atoms with van der Waals surface area (Å²) >= 11 is 3.44. The third-order valence-electron chi connectivity index (χ3n) is 6.10. The molecular formula is C20H35BrO2. The second-order valence-electron chi connectivity index (χ2n) is 7.90. The fourth-order valence-electron chi connectivity index (χ4n) is 4.42. The maximum Gasteiger partial charge on any atom is 0.308 e. The van der Waals surface area contributed by atoms with Crippen LogP contribution < -0.4 is 0 Å². The Balaban J connectivity index is 1.57. The number of hydrogen-bond donors (Lipinski definition) is 0. The highest BCUT2D eigenvalue weighted by Gasteiger charge is 2.32. The molecule has 2 rings (SSSR count). The number of hydrogen-bond acceptors (Lipinski definition) is 2. The number of alkyl halides is 1. The van der Waals surface area contributed by atoms with E-state index >= 15 is 0 Å². The zero-order chi connectivity index (χ0) is 16.5. The third-order valence-corrected chi connectivity index (χ3v) is 6.67. The van der Waals surface area contributed by atoms with Gasteiger partial charge in [0.1, 0.15) is 0 Å². The number of carbonyl (C=O) groups is 1. The van der Waals surface area contributed by atoms with Gasteiger partial charge >= 0.3 is 5.97 Å². The number of halogens is 1. The quantitative estimate of drug-likeness (QED) is 0.285. The second-order valence-corrected chi connectivity index (χ2v) is 8.70. The smallest absolute Gasteiger partial charge is 0.308 e. The van der Waals surface area contributed by atoms with Crippen molar-refractivity contribution in [2.45, 2.75) is 84.0 Å². The van der Waals surface area contributed by atoms with Crippen molar-refractivity contribution < 1.29 is 9.53 Å². The van der Waals surface area contributed by atoms with E-state index in [1.165, 1.54) is 57.8 Å². The molecule has 0 radical (unpaired) electrons. The first-order chi connectivity index (χ1) is 11.2. The summed E-state index contributed by atoms with van der Waals surface area (Å²) < 4.78 is 5.51. The molecule has 2 nitrogen and oxygen atoms in total. The normalized spacial score (nSPS) is 31.7. The highest BCUT2D eigenvalue weighted by Crippen LogP contribution is 2.41. The van der Waals surface area contributed by atoms with E-state index in [9.17, 15) is 4.79 Å². The van der Waals surface area contributed by atoms with Crippen molar-refractivity contribution in [3.63, 3.8) is 0 Å². The summed E-state index contributed by atoms with van der Waals surface area (Å²) in [4.78, 5) is 12.2. The lowest BCUT2D eigenvalue weighted by Crippen LogP contribution is -2.29. The summed E-state index contributed by atoms with van der Waals surface area (Å²) in [6, 6.07) is 0. The van der Waals surface area contributed by atoms with Gasteiger partial charge < -0.3 is 4.74 Å². The van der Waals surface area contributed by atoms with Gasteiger partial charge in [-0.2, -0.15) is 0 Å². The molecule has 0 aromatic carbocycles. The molecule has 0 bridgehead atoms. The molecular weight excluding hydrogens is 352 g/mol. The van der Waals surface area contributed by atoms with E-state index in [-0.39, 0.29) is 11.9 Å². The van der Waals surface area contributed by atoms with Gasteiger partial charge in [0.05, 0.1) is 12.5 Å². The van der Waals surface area contributed by atoms with Crippen molar-refractivity contribution in [3.05, 3.63) is 0 Å². The molecule has 2 aliphatic rings. The minimum absolute atomic E-state index is 0.0845. The molecule has 2 aliphatic carbocycles. The van der Waals surface area contributed by atoms with Crippen LogP contribution in [0.2, 0.25) is 0 Å². The van der Waals surface area contributed by atoms with E-state index in [4.69, 9.17) is 4.74 Å². The lowest BCUT2D eigenvalue weighted by atomic mass is 9.69.